The molecule has 1 aliphatic heterocycles. The number of carbonyl (C=O) groups excluding carboxylic acids is 2. The molecule has 6 heteroatoms. The highest BCUT2D eigenvalue weighted by Crippen LogP contribution is 2.27. The molecule has 29 heavy (non-hydrogen) atoms. The van der Waals surface area contributed by atoms with Crippen LogP contribution in [-0.2, 0) is 22.6 Å². The molecular formula is C23H23N3O2S. The number of para-hydroxylation sites is 1. The second kappa shape index (κ2) is 8.57. The SMILES string of the molecule is Cc1ccc(Cn2ccsc2=NC(=O)CCC2Cc3ccccc3NC2=O)cc1. The van der Waals surface area contributed by atoms with Crippen molar-refractivity contribution < 1.29 is 9.59 Å². The summed E-state index contributed by atoms with van der Waals surface area (Å²) in [7, 11) is 0. The third-order valence-electron chi connectivity index (χ3n) is 5.17. The van der Waals surface area contributed by atoms with Gasteiger partial charge in [0, 0.05) is 36.1 Å². The third kappa shape index (κ3) is 4.71. The molecule has 0 spiro atoms. The Morgan fingerprint density at radius 2 is 2.00 bits per heavy atom. The van der Waals surface area contributed by atoms with Gasteiger partial charge in [-0.05, 0) is 37.0 Å². The maximum Gasteiger partial charge on any atom is 0.248 e. The van der Waals surface area contributed by atoms with Gasteiger partial charge in [0.25, 0.3) is 0 Å². The van der Waals surface area contributed by atoms with Crippen LogP contribution < -0.4 is 10.1 Å². The molecule has 1 unspecified atom stereocenters. The van der Waals surface area contributed by atoms with Crippen LogP contribution >= 0.6 is 11.3 Å². The van der Waals surface area contributed by atoms with Crippen LogP contribution in [-0.4, -0.2) is 16.4 Å². The van der Waals surface area contributed by atoms with Crippen molar-refractivity contribution in [3.8, 4) is 0 Å². The fourth-order valence-corrected chi connectivity index (χ4v) is 4.25. The van der Waals surface area contributed by atoms with Gasteiger partial charge >= 0.3 is 0 Å². The number of aromatic nitrogens is 1. The quantitative estimate of drug-likeness (QED) is 0.699. The minimum absolute atomic E-state index is 0.0120. The molecule has 0 fully saturated rings. The number of thiazole rings is 1. The molecule has 1 N–H and O–H groups in total. The van der Waals surface area contributed by atoms with Crippen LogP contribution in [0.1, 0.15) is 29.5 Å². The van der Waals surface area contributed by atoms with E-state index >= 15 is 0 Å². The number of amides is 2. The molecule has 5 nitrogen and oxygen atoms in total. The lowest BCUT2D eigenvalue weighted by molar-refractivity contribution is -0.121. The monoisotopic (exact) mass is 405 g/mol. The van der Waals surface area contributed by atoms with Crippen LogP contribution in [0.2, 0.25) is 0 Å². The number of anilines is 1. The summed E-state index contributed by atoms with van der Waals surface area (Å²) in [6.07, 6.45) is 3.39. The van der Waals surface area contributed by atoms with Crippen molar-refractivity contribution in [1.29, 1.82) is 0 Å². The largest absolute Gasteiger partial charge is 0.326 e. The molecule has 0 radical (unpaired) electrons. The van der Waals surface area contributed by atoms with E-state index < -0.39 is 0 Å². The first-order chi connectivity index (χ1) is 14.1. The number of aryl methyl sites for hydroxylation is 1. The summed E-state index contributed by atoms with van der Waals surface area (Å²) in [5.41, 5.74) is 4.38. The van der Waals surface area contributed by atoms with E-state index in [4.69, 9.17) is 0 Å². The maximum absolute atomic E-state index is 12.4. The molecule has 0 bridgehead atoms. The van der Waals surface area contributed by atoms with Gasteiger partial charge in [-0.25, -0.2) is 0 Å². The number of nitrogens with zero attached hydrogens (tertiary/aromatic N) is 2. The summed E-state index contributed by atoms with van der Waals surface area (Å²) >= 11 is 1.45. The number of benzene rings is 2. The summed E-state index contributed by atoms with van der Waals surface area (Å²) in [5, 5.41) is 4.87. The number of hydrogen-bond donors (Lipinski definition) is 1. The molecule has 0 saturated carbocycles. The molecule has 1 aliphatic rings. The van der Waals surface area contributed by atoms with E-state index in [-0.39, 0.29) is 24.2 Å². The van der Waals surface area contributed by atoms with E-state index in [9.17, 15) is 9.59 Å². The fraction of sp³-hybridized carbons (Fsp3) is 0.261. The minimum atomic E-state index is -0.188. The van der Waals surface area contributed by atoms with Crippen molar-refractivity contribution in [2.75, 3.05) is 5.32 Å². The molecule has 1 atom stereocenters. The van der Waals surface area contributed by atoms with E-state index in [2.05, 4.69) is 41.5 Å². The lowest BCUT2D eigenvalue weighted by Crippen LogP contribution is -2.30. The van der Waals surface area contributed by atoms with Crippen LogP contribution in [0, 0.1) is 12.8 Å². The molecule has 2 aromatic carbocycles. The van der Waals surface area contributed by atoms with Crippen molar-refractivity contribution in [2.24, 2.45) is 10.9 Å². The van der Waals surface area contributed by atoms with Crippen LogP contribution in [0.3, 0.4) is 0 Å². The van der Waals surface area contributed by atoms with E-state index in [1.165, 1.54) is 22.5 Å². The minimum Gasteiger partial charge on any atom is -0.326 e. The molecule has 3 aromatic rings. The zero-order chi connectivity index (χ0) is 20.2. The summed E-state index contributed by atoms with van der Waals surface area (Å²) in [4.78, 5) is 29.7. The zero-order valence-electron chi connectivity index (χ0n) is 16.3. The molecule has 2 heterocycles. The predicted molar refractivity (Wildman–Crippen MR) is 115 cm³/mol. The number of nitrogens with one attached hydrogen (secondary N) is 1. The summed E-state index contributed by atoms with van der Waals surface area (Å²) in [6.45, 7) is 2.74. The zero-order valence-corrected chi connectivity index (χ0v) is 17.1. The fourth-order valence-electron chi connectivity index (χ4n) is 3.50. The molecule has 2 amide bonds. The van der Waals surface area contributed by atoms with Gasteiger partial charge in [0.05, 0.1) is 0 Å². The van der Waals surface area contributed by atoms with Crippen LogP contribution in [0.25, 0.3) is 0 Å². The Hall–Kier alpha value is -2.99. The van der Waals surface area contributed by atoms with Gasteiger partial charge in [0.1, 0.15) is 0 Å². The summed E-state index contributed by atoms with van der Waals surface area (Å²) < 4.78 is 1.98. The number of carbonyl (C=O) groups is 2. The van der Waals surface area contributed by atoms with Gasteiger partial charge in [0.15, 0.2) is 4.80 Å². The Morgan fingerprint density at radius 3 is 2.83 bits per heavy atom. The topological polar surface area (TPSA) is 63.5 Å². The molecule has 0 aliphatic carbocycles. The van der Waals surface area contributed by atoms with Gasteiger partial charge < -0.3 is 9.88 Å². The van der Waals surface area contributed by atoms with E-state index in [0.717, 1.165) is 11.3 Å². The smallest absolute Gasteiger partial charge is 0.248 e. The highest BCUT2D eigenvalue weighted by Gasteiger charge is 2.26. The number of hydrogen-bond acceptors (Lipinski definition) is 3. The number of rotatable bonds is 5. The highest BCUT2D eigenvalue weighted by molar-refractivity contribution is 7.07. The second-order valence-corrected chi connectivity index (χ2v) is 8.26. The summed E-state index contributed by atoms with van der Waals surface area (Å²) in [6, 6.07) is 16.2. The first-order valence-electron chi connectivity index (χ1n) is 9.74. The van der Waals surface area contributed by atoms with Crippen molar-refractivity contribution in [3.63, 3.8) is 0 Å². The van der Waals surface area contributed by atoms with Gasteiger partial charge in [0.2, 0.25) is 11.8 Å². The van der Waals surface area contributed by atoms with Crippen molar-refractivity contribution in [2.45, 2.75) is 32.7 Å². The Bertz CT molecular complexity index is 1100. The number of fused-ring (bicyclic) bond motifs is 1. The first kappa shape index (κ1) is 19.3. The molecule has 0 saturated heterocycles. The van der Waals surface area contributed by atoms with Crippen LogP contribution in [0.15, 0.2) is 65.1 Å². The first-order valence-corrected chi connectivity index (χ1v) is 10.6. The van der Waals surface area contributed by atoms with Gasteiger partial charge in [-0.3, -0.25) is 9.59 Å². The van der Waals surface area contributed by atoms with Crippen LogP contribution in [0.4, 0.5) is 5.69 Å². The Labute approximate surface area is 173 Å². The van der Waals surface area contributed by atoms with Crippen molar-refractivity contribution >= 4 is 28.8 Å². The maximum atomic E-state index is 12.4. The average Bonchev–Trinajstić information content (AvgIpc) is 3.14. The Morgan fingerprint density at radius 1 is 1.21 bits per heavy atom. The molecule has 1 aromatic heterocycles. The normalized spacial score (nSPS) is 16.4. The van der Waals surface area contributed by atoms with Gasteiger partial charge in [-0.2, -0.15) is 4.99 Å². The molecule has 148 valence electrons. The highest BCUT2D eigenvalue weighted by atomic mass is 32.1. The van der Waals surface area contributed by atoms with E-state index in [0.29, 0.717) is 24.2 Å². The average molecular weight is 406 g/mol. The second-order valence-electron chi connectivity index (χ2n) is 7.39. The Balaban J connectivity index is 1.40. The standard InChI is InChI=1S/C23H23N3O2S/c1-16-6-8-17(9-7-16)15-26-12-13-29-23(26)25-21(27)11-10-19-14-18-4-2-3-5-20(18)24-22(19)28/h2-9,12-13,19H,10-11,14-15H2,1H3,(H,24,28). The van der Waals surface area contributed by atoms with Gasteiger partial charge in [-0.1, -0.05) is 48.0 Å². The molecular weight excluding hydrogens is 382 g/mol. The van der Waals surface area contributed by atoms with E-state index in [1.54, 1.807) is 0 Å². The summed E-state index contributed by atoms with van der Waals surface area (Å²) in [5.74, 6) is -0.383. The van der Waals surface area contributed by atoms with E-state index in [1.807, 2.05) is 40.4 Å². The van der Waals surface area contributed by atoms with Gasteiger partial charge in [-0.15, -0.1) is 11.3 Å². The lowest BCUT2D eigenvalue weighted by atomic mass is 9.90. The Kier molecular flexibility index (Phi) is 5.71. The lowest BCUT2D eigenvalue weighted by Gasteiger charge is -2.24. The van der Waals surface area contributed by atoms with Crippen LogP contribution in [0.5, 0.6) is 0 Å². The predicted octanol–water partition coefficient (Wildman–Crippen LogP) is 3.92. The van der Waals surface area contributed by atoms with Crippen molar-refractivity contribution in [1.82, 2.24) is 4.57 Å². The third-order valence-corrected chi connectivity index (χ3v) is 5.97. The molecule has 4 rings (SSSR count). The van der Waals surface area contributed by atoms with Crippen molar-refractivity contribution in [3.05, 3.63) is 81.6 Å².